The molecule has 1 heterocycles. The minimum absolute atomic E-state index is 0. The summed E-state index contributed by atoms with van der Waals surface area (Å²) < 4.78 is 0. The monoisotopic (exact) mass is 291 g/mol. The van der Waals surface area contributed by atoms with Crippen molar-refractivity contribution in [3.8, 4) is 11.1 Å². The Labute approximate surface area is 130 Å². The second-order valence-corrected chi connectivity index (χ2v) is 4.93. The summed E-state index contributed by atoms with van der Waals surface area (Å²) in [6.07, 6.45) is 5.91. The van der Waals surface area contributed by atoms with E-state index < -0.39 is 0 Å². The molecular weight excluding hydrogens is 278 g/mol. The molecule has 0 bridgehead atoms. The third-order valence-electron chi connectivity index (χ3n) is 3.74. The van der Waals surface area contributed by atoms with Gasteiger partial charge in [0.25, 0.3) is 0 Å². The van der Waals surface area contributed by atoms with Crippen molar-refractivity contribution in [3.05, 3.63) is 89.7 Å². The first-order chi connectivity index (χ1) is 9.93. The number of rotatable bonds is 1. The van der Waals surface area contributed by atoms with Gasteiger partial charge in [0.2, 0.25) is 0 Å². The summed E-state index contributed by atoms with van der Waals surface area (Å²) in [5.74, 6) is 0. The van der Waals surface area contributed by atoms with E-state index in [9.17, 15) is 0 Å². The number of pyridine rings is 1. The summed E-state index contributed by atoms with van der Waals surface area (Å²) in [6, 6.07) is 21.3. The molecule has 1 aromatic heterocycles. The standard InChI is InChI=1S/C19H13N.ClH/c1-3-7-17-15(5-1)16-6-2-4-8-18(16)19(17)13-14-9-11-20-12-10-14;/h1-13H;1H. The van der Waals surface area contributed by atoms with Crippen LogP contribution in [0.5, 0.6) is 0 Å². The molecule has 2 heteroatoms. The van der Waals surface area contributed by atoms with E-state index in [0.29, 0.717) is 0 Å². The molecule has 0 fully saturated rings. The van der Waals surface area contributed by atoms with E-state index in [2.05, 4.69) is 59.6 Å². The maximum absolute atomic E-state index is 4.08. The number of hydrogen-bond acceptors (Lipinski definition) is 1. The van der Waals surface area contributed by atoms with Gasteiger partial charge in [-0.2, -0.15) is 0 Å². The van der Waals surface area contributed by atoms with Crippen molar-refractivity contribution in [1.82, 2.24) is 4.98 Å². The summed E-state index contributed by atoms with van der Waals surface area (Å²) in [5.41, 5.74) is 7.74. The molecule has 21 heavy (non-hydrogen) atoms. The lowest BCUT2D eigenvalue weighted by Gasteiger charge is -2.02. The molecule has 1 aliphatic rings. The molecule has 1 nitrogen and oxygen atoms in total. The van der Waals surface area contributed by atoms with Crippen molar-refractivity contribution in [3.63, 3.8) is 0 Å². The van der Waals surface area contributed by atoms with Crippen LogP contribution in [0.3, 0.4) is 0 Å². The van der Waals surface area contributed by atoms with Crippen LogP contribution in [0.1, 0.15) is 16.7 Å². The molecule has 0 N–H and O–H groups in total. The van der Waals surface area contributed by atoms with Gasteiger partial charge in [-0.1, -0.05) is 48.5 Å². The maximum Gasteiger partial charge on any atom is 0.0273 e. The highest BCUT2D eigenvalue weighted by atomic mass is 35.5. The van der Waals surface area contributed by atoms with E-state index in [-0.39, 0.29) is 12.4 Å². The quantitative estimate of drug-likeness (QED) is 0.477. The smallest absolute Gasteiger partial charge is 0.0273 e. The minimum Gasteiger partial charge on any atom is -0.265 e. The molecule has 1 aliphatic carbocycles. The largest absolute Gasteiger partial charge is 0.265 e. The van der Waals surface area contributed by atoms with E-state index in [4.69, 9.17) is 0 Å². The first kappa shape index (κ1) is 13.6. The Morgan fingerprint density at radius 3 is 1.62 bits per heavy atom. The van der Waals surface area contributed by atoms with Crippen LogP contribution in [0.4, 0.5) is 0 Å². The van der Waals surface area contributed by atoms with Crippen molar-refractivity contribution in [1.29, 1.82) is 0 Å². The average molecular weight is 292 g/mol. The number of aromatic nitrogens is 1. The Balaban J connectivity index is 0.00000132. The fraction of sp³-hybridized carbons (Fsp3) is 0. The highest BCUT2D eigenvalue weighted by molar-refractivity contribution is 6.06. The number of benzene rings is 2. The Kier molecular flexibility index (Phi) is 3.59. The zero-order valence-corrected chi connectivity index (χ0v) is 12.2. The van der Waals surface area contributed by atoms with Gasteiger partial charge in [0.15, 0.2) is 0 Å². The molecule has 0 spiro atoms. The van der Waals surface area contributed by atoms with Gasteiger partial charge in [-0.05, 0) is 51.6 Å². The molecule has 0 amide bonds. The van der Waals surface area contributed by atoms with Crippen molar-refractivity contribution in [2.75, 3.05) is 0 Å². The van der Waals surface area contributed by atoms with Gasteiger partial charge in [0.05, 0.1) is 0 Å². The highest BCUT2D eigenvalue weighted by Crippen LogP contribution is 2.44. The molecule has 0 atom stereocenters. The molecule has 3 aromatic rings. The molecule has 0 unspecified atom stereocenters. The predicted octanol–water partition coefficient (Wildman–Crippen LogP) is 5.07. The summed E-state index contributed by atoms with van der Waals surface area (Å²) in [4.78, 5) is 4.08. The van der Waals surface area contributed by atoms with Crippen LogP contribution in [0.15, 0.2) is 73.1 Å². The van der Waals surface area contributed by atoms with Crippen LogP contribution in [0.25, 0.3) is 22.8 Å². The first-order valence-electron chi connectivity index (χ1n) is 6.74. The normalized spacial score (nSPS) is 11.3. The summed E-state index contributed by atoms with van der Waals surface area (Å²) in [7, 11) is 0. The van der Waals surface area contributed by atoms with E-state index in [0.717, 1.165) is 0 Å². The van der Waals surface area contributed by atoms with Crippen LogP contribution in [0.2, 0.25) is 0 Å². The van der Waals surface area contributed by atoms with Crippen LogP contribution >= 0.6 is 12.4 Å². The Morgan fingerprint density at radius 2 is 1.10 bits per heavy atom. The average Bonchev–Trinajstić information content (AvgIpc) is 2.84. The van der Waals surface area contributed by atoms with Crippen LogP contribution in [-0.4, -0.2) is 4.98 Å². The van der Waals surface area contributed by atoms with Crippen LogP contribution in [-0.2, 0) is 0 Å². The van der Waals surface area contributed by atoms with Crippen LogP contribution in [0, 0.1) is 0 Å². The lowest BCUT2D eigenvalue weighted by Crippen LogP contribution is -1.82. The van der Waals surface area contributed by atoms with Gasteiger partial charge in [0, 0.05) is 12.4 Å². The first-order valence-corrected chi connectivity index (χ1v) is 6.74. The molecule has 0 aliphatic heterocycles. The van der Waals surface area contributed by atoms with Crippen molar-refractivity contribution in [2.24, 2.45) is 0 Å². The van der Waals surface area contributed by atoms with E-state index in [1.165, 1.54) is 33.4 Å². The zero-order valence-electron chi connectivity index (χ0n) is 11.4. The fourth-order valence-electron chi connectivity index (χ4n) is 2.83. The Bertz CT molecular complexity index is 759. The topological polar surface area (TPSA) is 12.9 Å². The van der Waals surface area contributed by atoms with Crippen molar-refractivity contribution >= 4 is 24.1 Å². The van der Waals surface area contributed by atoms with Crippen LogP contribution < -0.4 is 0 Å². The SMILES string of the molecule is C(=C1c2ccccc2-c2ccccc21)c1ccncc1.Cl. The third kappa shape index (κ3) is 2.26. The number of nitrogens with zero attached hydrogens (tertiary/aromatic N) is 1. The Hall–Kier alpha value is -2.38. The van der Waals surface area contributed by atoms with Gasteiger partial charge >= 0.3 is 0 Å². The molecule has 0 saturated heterocycles. The molecule has 0 radical (unpaired) electrons. The minimum atomic E-state index is 0. The zero-order chi connectivity index (χ0) is 13.4. The fourth-order valence-corrected chi connectivity index (χ4v) is 2.83. The number of fused-ring (bicyclic) bond motifs is 3. The van der Waals surface area contributed by atoms with Gasteiger partial charge in [-0.3, -0.25) is 4.98 Å². The van der Waals surface area contributed by atoms with Gasteiger partial charge in [-0.15, -0.1) is 12.4 Å². The molecule has 0 saturated carbocycles. The third-order valence-corrected chi connectivity index (χ3v) is 3.74. The Morgan fingerprint density at radius 1 is 0.619 bits per heavy atom. The molecule has 4 rings (SSSR count). The number of hydrogen-bond donors (Lipinski definition) is 0. The summed E-state index contributed by atoms with van der Waals surface area (Å²) in [6.45, 7) is 0. The van der Waals surface area contributed by atoms with Crippen molar-refractivity contribution < 1.29 is 0 Å². The lowest BCUT2D eigenvalue weighted by molar-refractivity contribution is 1.32. The van der Waals surface area contributed by atoms with E-state index in [1.807, 2.05) is 24.5 Å². The van der Waals surface area contributed by atoms with Gasteiger partial charge in [-0.25, -0.2) is 0 Å². The van der Waals surface area contributed by atoms with Crippen molar-refractivity contribution in [2.45, 2.75) is 0 Å². The molecular formula is C19H14ClN. The van der Waals surface area contributed by atoms with Gasteiger partial charge in [0.1, 0.15) is 0 Å². The molecule has 2 aromatic carbocycles. The second kappa shape index (κ2) is 5.55. The van der Waals surface area contributed by atoms with E-state index in [1.54, 1.807) is 0 Å². The summed E-state index contributed by atoms with van der Waals surface area (Å²) in [5, 5.41) is 0. The highest BCUT2D eigenvalue weighted by Gasteiger charge is 2.21. The molecule has 102 valence electrons. The van der Waals surface area contributed by atoms with Gasteiger partial charge < -0.3 is 0 Å². The summed E-state index contributed by atoms with van der Waals surface area (Å²) >= 11 is 0. The number of halogens is 1. The van der Waals surface area contributed by atoms with E-state index >= 15 is 0 Å². The predicted molar refractivity (Wildman–Crippen MR) is 90.3 cm³/mol. The lowest BCUT2D eigenvalue weighted by atomic mass is 10.0. The second-order valence-electron chi connectivity index (χ2n) is 4.93. The maximum atomic E-state index is 4.08.